The molecule has 5 nitrogen and oxygen atoms in total. The van der Waals surface area contributed by atoms with Crippen molar-refractivity contribution in [3.05, 3.63) is 35.3 Å². The second-order valence-electron chi connectivity index (χ2n) is 3.50. The zero-order valence-corrected chi connectivity index (χ0v) is 10.0. The van der Waals surface area contributed by atoms with Gasteiger partial charge in [0.05, 0.1) is 5.69 Å². The standard InChI is InChI=1S/C11H12N4OS/c1-7-6-17-11(13-7)15-10(16)14-9-4-2-3-8(12)5-9/h2-6H,12H2,1H3,(H2,13,14,15,16). The molecule has 0 fully saturated rings. The first kappa shape index (κ1) is 11.4. The molecule has 0 aliphatic heterocycles. The van der Waals surface area contributed by atoms with E-state index in [-0.39, 0.29) is 6.03 Å². The molecule has 2 rings (SSSR count). The molecule has 1 aromatic heterocycles. The maximum atomic E-state index is 11.6. The molecular formula is C11H12N4OS. The number of anilines is 3. The average molecular weight is 248 g/mol. The number of benzene rings is 1. The van der Waals surface area contributed by atoms with Gasteiger partial charge in [-0.3, -0.25) is 5.32 Å². The molecule has 1 heterocycles. The van der Waals surface area contributed by atoms with Gasteiger partial charge in [-0.2, -0.15) is 0 Å². The number of aryl methyl sites for hydroxylation is 1. The zero-order chi connectivity index (χ0) is 12.3. The van der Waals surface area contributed by atoms with Gasteiger partial charge < -0.3 is 11.1 Å². The van der Waals surface area contributed by atoms with E-state index in [0.29, 0.717) is 16.5 Å². The van der Waals surface area contributed by atoms with Crippen molar-refractivity contribution in [1.29, 1.82) is 0 Å². The minimum Gasteiger partial charge on any atom is -0.399 e. The maximum absolute atomic E-state index is 11.6. The highest BCUT2D eigenvalue weighted by molar-refractivity contribution is 7.13. The van der Waals surface area contributed by atoms with Crippen LogP contribution in [0.3, 0.4) is 0 Å². The number of nitrogens with two attached hydrogens (primary N) is 1. The van der Waals surface area contributed by atoms with Gasteiger partial charge in [-0.05, 0) is 25.1 Å². The van der Waals surface area contributed by atoms with Crippen LogP contribution in [0, 0.1) is 6.92 Å². The van der Waals surface area contributed by atoms with Crippen LogP contribution < -0.4 is 16.4 Å². The van der Waals surface area contributed by atoms with Crippen LogP contribution in [0.4, 0.5) is 21.3 Å². The van der Waals surface area contributed by atoms with E-state index >= 15 is 0 Å². The number of carbonyl (C=O) groups excluding carboxylic acids is 1. The third-order valence-electron chi connectivity index (χ3n) is 1.98. The van der Waals surface area contributed by atoms with Crippen LogP contribution in [0.25, 0.3) is 0 Å². The van der Waals surface area contributed by atoms with Crippen molar-refractivity contribution >= 4 is 33.9 Å². The minimum atomic E-state index is -0.329. The Labute approximate surface area is 103 Å². The van der Waals surface area contributed by atoms with Gasteiger partial charge in [0.2, 0.25) is 0 Å². The summed E-state index contributed by atoms with van der Waals surface area (Å²) in [5, 5.41) is 7.77. The van der Waals surface area contributed by atoms with Gasteiger partial charge in [0.1, 0.15) is 0 Å². The monoisotopic (exact) mass is 248 g/mol. The van der Waals surface area contributed by atoms with Crippen LogP contribution >= 0.6 is 11.3 Å². The third-order valence-corrected chi connectivity index (χ3v) is 2.86. The molecule has 0 aliphatic carbocycles. The fourth-order valence-corrected chi connectivity index (χ4v) is 1.97. The van der Waals surface area contributed by atoms with Crippen LogP contribution in [0.2, 0.25) is 0 Å². The van der Waals surface area contributed by atoms with Gasteiger partial charge in [-0.25, -0.2) is 9.78 Å². The first-order valence-electron chi connectivity index (χ1n) is 4.99. The molecule has 2 aromatic rings. The maximum Gasteiger partial charge on any atom is 0.325 e. The Kier molecular flexibility index (Phi) is 3.24. The van der Waals surface area contributed by atoms with Crippen molar-refractivity contribution in [3.63, 3.8) is 0 Å². The van der Waals surface area contributed by atoms with Crippen molar-refractivity contribution in [2.75, 3.05) is 16.4 Å². The summed E-state index contributed by atoms with van der Waals surface area (Å²) in [6.45, 7) is 1.87. The summed E-state index contributed by atoms with van der Waals surface area (Å²) in [5.74, 6) is 0. The summed E-state index contributed by atoms with van der Waals surface area (Å²) in [6, 6.07) is 6.66. The first-order chi connectivity index (χ1) is 8.13. The largest absolute Gasteiger partial charge is 0.399 e. The Morgan fingerprint density at radius 1 is 1.41 bits per heavy atom. The molecule has 17 heavy (non-hydrogen) atoms. The number of amides is 2. The molecule has 1 aromatic carbocycles. The Morgan fingerprint density at radius 3 is 2.88 bits per heavy atom. The van der Waals surface area contributed by atoms with Gasteiger partial charge in [0.25, 0.3) is 0 Å². The average Bonchev–Trinajstić information content (AvgIpc) is 2.63. The second-order valence-corrected chi connectivity index (χ2v) is 4.36. The topological polar surface area (TPSA) is 80.0 Å². The zero-order valence-electron chi connectivity index (χ0n) is 9.23. The number of hydrogen-bond donors (Lipinski definition) is 3. The lowest BCUT2D eigenvalue weighted by atomic mass is 10.3. The molecule has 4 N–H and O–H groups in total. The summed E-state index contributed by atoms with van der Waals surface area (Å²) in [6.07, 6.45) is 0. The van der Waals surface area contributed by atoms with E-state index < -0.39 is 0 Å². The lowest BCUT2D eigenvalue weighted by Crippen LogP contribution is -2.19. The van der Waals surface area contributed by atoms with E-state index in [1.165, 1.54) is 11.3 Å². The molecule has 0 atom stereocenters. The van der Waals surface area contributed by atoms with Crippen LogP contribution in [0.15, 0.2) is 29.6 Å². The first-order valence-corrected chi connectivity index (χ1v) is 5.87. The SMILES string of the molecule is Cc1csc(NC(=O)Nc2cccc(N)c2)n1. The normalized spacial score (nSPS) is 9.94. The number of nitrogens with zero attached hydrogens (tertiary/aromatic N) is 1. The molecule has 0 aliphatic rings. The van der Waals surface area contributed by atoms with E-state index in [9.17, 15) is 4.79 Å². The number of nitrogens with one attached hydrogen (secondary N) is 2. The molecular weight excluding hydrogens is 236 g/mol. The van der Waals surface area contributed by atoms with Gasteiger partial charge in [-0.15, -0.1) is 11.3 Å². The van der Waals surface area contributed by atoms with E-state index in [1.54, 1.807) is 24.3 Å². The van der Waals surface area contributed by atoms with Gasteiger partial charge in [-0.1, -0.05) is 6.07 Å². The number of thiazole rings is 1. The molecule has 0 spiro atoms. The van der Waals surface area contributed by atoms with E-state index in [4.69, 9.17) is 5.73 Å². The second kappa shape index (κ2) is 4.84. The fraction of sp³-hybridized carbons (Fsp3) is 0.0909. The molecule has 0 saturated heterocycles. The van der Waals surface area contributed by atoms with Crippen molar-refractivity contribution in [3.8, 4) is 0 Å². The molecule has 88 valence electrons. The fourth-order valence-electron chi connectivity index (χ4n) is 1.29. The Bertz CT molecular complexity index is 538. The van der Waals surface area contributed by atoms with Crippen LogP contribution in [0.1, 0.15) is 5.69 Å². The van der Waals surface area contributed by atoms with Crippen molar-refractivity contribution < 1.29 is 4.79 Å². The van der Waals surface area contributed by atoms with E-state index in [2.05, 4.69) is 15.6 Å². The van der Waals surface area contributed by atoms with Crippen LogP contribution in [0.5, 0.6) is 0 Å². The van der Waals surface area contributed by atoms with Gasteiger partial charge >= 0.3 is 6.03 Å². The summed E-state index contributed by atoms with van der Waals surface area (Å²) in [7, 11) is 0. The number of urea groups is 1. The van der Waals surface area contributed by atoms with Gasteiger partial charge in [0.15, 0.2) is 5.13 Å². The predicted octanol–water partition coefficient (Wildman–Crippen LogP) is 2.68. The summed E-state index contributed by atoms with van der Waals surface area (Å²) in [4.78, 5) is 15.7. The minimum absolute atomic E-state index is 0.329. The van der Waals surface area contributed by atoms with E-state index in [0.717, 1.165) is 5.69 Å². The third kappa shape index (κ3) is 3.18. The molecule has 0 unspecified atom stereocenters. The van der Waals surface area contributed by atoms with Crippen molar-refractivity contribution in [1.82, 2.24) is 4.98 Å². The lowest BCUT2D eigenvalue weighted by molar-refractivity contribution is 0.262. The summed E-state index contributed by atoms with van der Waals surface area (Å²) in [5.41, 5.74) is 7.75. The predicted molar refractivity (Wildman–Crippen MR) is 70.3 cm³/mol. The number of hydrogen-bond acceptors (Lipinski definition) is 4. The molecule has 0 bridgehead atoms. The number of nitrogen functional groups attached to an aromatic ring is 1. The molecule has 2 amide bonds. The summed E-state index contributed by atoms with van der Waals surface area (Å²) < 4.78 is 0. The molecule has 0 saturated carbocycles. The highest BCUT2D eigenvalue weighted by Crippen LogP contribution is 2.16. The highest BCUT2D eigenvalue weighted by atomic mass is 32.1. The highest BCUT2D eigenvalue weighted by Gasteiger charge is 2.05. The van der Waals surface area contributed by atoms with Gasteiger partial charge in [0, 0.05) is 16.8 Å². The smallest absolute Gasteiger partial charge is 0.325 e. The molecule has 0 radical (unpaired) electrons. The number of carbonyl (C=O) groups is 1. The van der Waals surface area contributed by atoms with Crippen molar-refractivity contribution in [2.24, 2.45) is 0 Å². The quantitative estimate of drug-likeness (QED) is 0.715. The van der Waals surface area contributed by atoms with Crippen LogP contribution in [-0.2, 0) is 0 Å². The number of aromatic nitrogens is 1. The van der Waals surface area contributed by atoms with Crippen molar-refractivity contribution in [2.45, 2.75) is 6.92 Å². The summed E-state index contributed by atoms with van der Waals surface area (Å²) >= 11 is 1.38. The Balaban J connectivity index is 1.98. The number of rotatable bonds is 2. The molecule has 6 heteroatoms. The lowest BCUT2D eigenvalue weighted by Gasteiger charge is -2.05. The Morgan fingerprint density at radius 2 is 2.24 bits per heavy atom. The van der Waals surface area contributed by atoms with Crippen LogP contribution in [-0.4, -0.2) is 11.0 Å². The van der Waals surface area contributed by atoms with E-state index in [1.807, 2.05) is 12.3 Å². The Hall–Kier alpha value is -2.08.